The highest BCUT2D eigenvalue weighted by Gasteiger charge is 2.05. The minimum absolute atomic E-state index is 0.0708. The Hall–Kier alpha value is -2.15. The van der Waals surface area contributed by atoms with Crippen molar-refractivity contribution >= 4 is 17.7 Å². The SMILES string of the molecule is CN(C)NC(=O)Nc1ccc(C(=O)O)nc1. The molecule has 7 heteroatoms. The number of anilines is 1. The highest BCUT2D eigenvalue weighted by molar-refractivity contribution is 5.89. The first-order valence-electron chi connectivity index (χ1n) is 4.43. The summed E-state index contributed by atoms with van der Waals surface area (Å²) in [5, 5.41) is 12.6. The van der Waals surface area contributed by atoms with E-state index in [1.807, 2.05) is 0 Å². The molecule has 1 heterocycles. The number of carbonyl (C=O) groups excluding carboxylic acids is 1. The Balaban J connectivity index is 2.62. The number of aromatic nitrogens is 1. The topological polar surface area (TPSA) is 94.6 Å². The molecule has 0 aliphatic rings. The lowest BCUT2D eigenvalue weighted by Gasteiger charge is -2.12. The summed E-state index contributed by atoms with van der Waals surface area (Å²) < 4.78 is 0. The summed E-state index contributed by atoms with van der Waals surface area (Å²) in [5.74, 6) is -1.11. The molecule has 7 nitrogen and oxygen atoms in total. The standard InChI is InChI=1S/C9H12N4O3/c1-13(2)12-9(16)11-6-3-4-7(8(14)15)10-5-6/h3-5H,1-2H3,(H,14,15)(H2,11,12,16). The zero-order chi connectivity index (χ0) is 12.1. The molecule has 0 unspecified atom stereocenters. The number of aromatic carboxylic acids is 1. The minimum atomic E-state index is -1.11. The number of hydrazine groups is 1. The van der Waals surface area contributed by atoms with Crippen LogP contribution in [0.5, 0.6) is 0 Å². The van der Waals surface area contributed by atoms with Crippen LogP contribution in [-0.4, -0.2) is 41.2 Å². The Morgan fingerprint density at radius 1 is 1.38 bits per heavy atom. The number of hydrogen-bond acceptors (Lipinski definition) is 4. The van der Waals surface area contributed by atoms with Crippen LogP contribution in [0, 0.1) is 0 Å². The molecular formula is C9H12N4O3. The van der Waals surface area contributed by atoms with Gasteiger partial charge in [-0.05, 0) is 12.1 Å². The molecule has 86 valence electrons. The third kappa shape index (κ3) is 3.54. The van der Waals surface area contributed by atoms with E-state index in [4.69, 9.17) is 5.11 Å². The Bertz CT molecular complexity index is 388. The third-order valence-electron chi connectivity index (χ3n) is 1.57. The maximum absolute atomic E-state index is 11.2. The Morgan fingerprint density at radius 2 is 2.06 bits per heavy atom. The van der Waals surface area contributed by atoms with Gasteiger partial charge in [-0.1, -0.05) is 0 Å². The molecule has 0 saturated heterocycles. The van der Waals surface area contributed by atoms with E-state index < -0.39 is 12.0 Å². The second-order valence-corrected chi connectivity index (χ2v) is 3.20. The molecule has 0 aliphatic carbocycles. The number of carboxylic acid groups (broad SMARTS) is 1. The van der Waals surface area contributed by atoms with Crippen LogP contribution in [0.1, 0.15) is 10.5 Å². The van der Waals surface area contributed by atoms with E-state index in [1.54, 1.807) is 14.1 Å². The molecule has 0 aromatic carbocycles. The van der Waals surface area contributed by atoms with Gasteiger partial charge >= 0.3 is 12.0 Å². The second-order valence-electron chi connectivity index (χ2n) is 3.20. The van der Waals surface area contributed by atoms with Crippen molar-refractivity contribution in [2.75, 3.05) is 19.4 Å². The van der Waals surface area contributed by atoms with Gasteiger partial charge in [-0.25, -0.2) is 19.6 Å². The van der Waals surface area contributed by atoms with Crippen molar-refractivity contribution < 1.29 is 14.7 Å². The van der Waals surface area contributed by atoms with E-state index in [1.165, 1.54) is 23.3 Å². The summed E-state index contributed by atoms with van der Waals surface area (Å²) in [7, 11) is 3.34. The fraction of sp³-hybridized carbons (Fsp3) is 0.222. The molecular weight excluding hydrogens is 212 g/mol. The van der Waals surface area contributed by atoms with Gasteiger partial charge in [0.15, 0.2) is 0 Å². The van der Waals surface area contributed by atoms with Gasteiger partial charge in [-0.3, -0.25) is 5.43 Å². The lowest BCUT2D eigenvalue weighted by molar-refractivity contribution is 0.0690. The molecule has 0 aliphatic heterocycles. The summed E-state index contributed by atoms with van der Waals surface area (Å²) in [6.45, 7) is 0. The van der Waals surface area contributed by atoms with E-state index in [0.717, 1.165) is 0 Å². The Kier molecular flexibility index (Phi) is 3.78. The van der Waals surface area contributed by atoms with Gasteiger partial charge in [-0.2, -0.15) is 0 Å². The van der Waals surface area contributed by atoms with Crippen molar-refractivity contribution in [3.8, 4) is 0 Å². The number of carbonyl (C=O) groups is 2. The molecule has 0 spiro atoms. The first-order valence-corrected chi connectivity index (χ1v) is 4.43. The van der Waals surface area contributed by atoms with Crippen LogP contribution < -0.4 is 10.7 Å². The van der Waals surface area contributed by atoms with E-state index in [9.17, 15) is 9.59 Å². The van der Waals surface area contributed by atoms with Gasteiger partial charge in [0.1, 0.15) is 5.69 Å². The second kappa shape index (κ2) is 5.08. The maximum atomic E-state index is 11.2. The summed E-state index contributed by atoms with van der Waals surface area (Å²) in [4.78, 5) is 25.4. The van der Waals surface area contributed by atoms with Crippen molar-refractivity contribution in [1.29, 1.82) is 0 Å². The van der Waals surface area contributed by atoms with E-state index in [2.05, 4.69) is 15.7 Å². The highest BCUT2D eigenvalue weighted by atomic mass is 16.4. The van der Waals surface area contributed by atoms with Crippen molar-refractivity contribution in [3.63, 3.8) is 0 Å². The summed E-state index contributed by atoms with van der Waals surface area (Å²) in [5.41, 5.74) is 2.82. The highest BCUT2D eigenvalue weighted by Crippen LogP contribution is 2.05. The van der Waals surface area contributed by atoms with Crippen molar-refractivity contribution in [3.05, 3.63) is 24.0 Å². The smallest absolute Gasteiger partial charge is 0.354 e. The molecule has 3 N–H and O–H groups in total. The van der Waals surface area contributed by atoms with Crippen LogP contribution in [0.4, 0.5) is 10.5 Å². The molecule has 16 heavy (non-hydrogen) atoms. The normalized spacial score (nSPS) is 9.94. The van der Waals surface area contributed by atoms with Crippen LogP contribution in [-0.2, 0) is 0 Å². The minimum Gasteiger partial charge on any atom is -0.477 e. The summed E-state index contributed by atoms with van der Waals surface area (Å²) in [6.07, 6.45) is 1.28. The van der Waals surface area contributed by atoms with Gasteiger partial charge < -0.3 is 10.4 Å². The number of hydrogen-bond donors (Lipinski definition) is 3. The Morgan fingerprint density at radius 3 is 2.50 bits per heavy atom. The molecule has 1 aromatic rings. The molecule has 2 amide bonds. The molecule has 0 fully saturated rings. The first-order chi connectivity index (χ1) is 7.49. The van der Waals surface area contributed by atoms with Gasteiger partial charge in [0.2, 0.25) is 0 Å². The molecule has 1 rings (SSSR count). The zero-order valence-electron chi connectivity index (χ0n) is 8.89. The number of amides is 2. The molecule has 1 aromatic heterocycles. The van der Waals surface area contributed by atoms with E-state index in [0.29, 0.717) is 5.69 Å². The van der Waals surface area contributed by atoms with Gasteiger partial charge in [0.05, 0.1) is 11.9 Å². The number of rotatable bonds is 3. The number of pyridine rings is 1. The van der Waals surface area contributed by atoms with Gasteiger partial charge in [0.25, 0.3) is 0 Å². The zero-order valence-corrected chi connectivity index (χ0v) is 8.89. The number of nitrogens with zero attached hydrogens (tertiary/aromatic N) is 2. The monoisotopic (exact) mass is 224 g/mol. The number of urea groups is 1. The van der Waals surface area contributed by atoms with Crippen molar-refractivity contribution in [2.45, 2.75) is 0 Å². The maximum Gasteiger partial charge on any atom is 0.354 e. The van der Waals surface area contributed by atoms with Crippen molar-refractivity contribution in [1.82, 2.24) is 15.4 Å². The van der Waals surface area contributed by atoms with Gasteiger partial charge in [0, 0.05) is 14.1 Å². The molecule has 0 bridgehead atoms. The number of nitrogens with one attached hydrogen (secondary N) is 2. The molecule has 0 radical (unpaired) electrons. The average molecular weight is 224 g/mol. The fourth-order valence-corrected chi connectivity index (χ4v) is 0.956. The predicted molar refractivity (Wildman–Crippen MR) is 57.0 cm³/mol. The third-order valence-corrected chi connectivity index (χ3v) is 1.57. The number of carboxylic acids is 1. The molecule has 0 atom stereocenters. The summed E-state index contributed by atoms with van der Waals surface area (Å²) >= 11 is 0. The lowest BCUT2D eigenvalue weighted by atomic mass is 10.3. The fourth-order valence-electron chi connectivity index (χ4n) is 0.956. The molecule has 0 saturated carbocycles. The van der Waals surface area contributed by atoms with E-state index in [-0.39, 0.29) is 5.69 Å². The van der Waals surface area contributed by atoms with Crippen LogP contribution in [0.15, 0.2) is 18.3 Å². The van der Waals surface area contributed by atoms with Crippen LogP contribution in [0.2, 0.25) is 0 Å². The van der Waals surface area contributed by atoms with Crippen LogP contribution in [0.25, 0.3) is 0 Å². The van der Waals surface area contributed by atoms with Gasteiger partial charge in [-0.15, -0.1) is 0 Å². The Labute approximate surface area is 92.1 Å². The quantitative estimate of drug-likeness (QED) is 0.645. The van der Waals surface area contributed by atoms with Crippen molar-refractivity contribution in [2.24, 2.45) is 0 Å². The summed E-state index contributed by atoms with van der Waals surface area (Å²) in [6, 6.07) is 2.36. The van der Waals surface area contributed by atoms with Crippen LogP contribution >= 0.6 is 0 Å². The van der Waals surface area contributed by atoms with E-state index >= 15 is 0 Å². The largest absolute Gasteiger partial charge is 0.477 e. The predicted octanol–water partition coefficient (Wildman–Crippen LogP) is 0.378. The average Bonchev–Trinajstić information content (AvgIpc) is 2.16. The first kappa shape index (κ1) is 11.9. The lowest BCUT2D eigenvalue weighted by Crippen LogP contribution is -2.39. The van der Waals surface area contributed by atoms with Crippen LogP contribution in [0.3, 0.4) is 0 Å².